The highest BCUT2D eigenvalue weighted by Gasteiger charge is 2.10. The molecule has 2 aromatic rings. The Bertz CT molecular complexity index is 647. The van der Waals surface area contributed by atoms with Gasteiger partial charge >= 0.3 is 0 Å². The minimum atomic E-state index is -0.800. The first-order chi connectivity index (χ1) is 8.50. The Kier molecular flexibility index (Phi) is 4.25. The molecule has 0 spiro atoms. The molecule has 2 atom stereocenters. The molecule has 2 unspecified atom stereocenters. The molecule has 1 N–H and O–H groups in total. The molecule has 18 heavy (non-hydrogen) atoms. The lowest BCUT2D eigenvalue weighted by molar-refractivity contribution is 0.625. The number of halogens is 1. The Labute approximate surface area is 119 Å². The van der Waals surface area contributed by atoms with Gasteiger partial charge in [0.05, 0.1) is 16.1 Å². The number of aromatic amines is 1. The Balaban J connectivity index is 2.34. The van der Waals surface area contributed by atoms with Gasteiger partial charge in [0.1, 0.15) is 0 Å². The molecule has 0 aliphatic rings. The summed E-state index contributed by atoms with van der Waals surface area (Å²) in [5.41, 5.74) is 1.87. The van der Waals surface area contributed by atoms with Crippen LogP contribution in [-0.2, 0) is 17.3 Å². The van der Waals surface area contributed by atoms with Crippen LogP contribution in [0.4, 0.5) is 0 Å². The number of hydrogen-bond acceptors (Lipinski definition) is 2. The Morgan fingerprint density at radius 3 is 2.94 bits per heavy atom. The van der Waals surface area contributed by atoms with E-state index in [9.17, 15) is 4.21 Å². The van der Waals surface area contributed by atoms with Gasteiger partial charge in [0.2, 0.25) is 0 Å². The topological polar surface area (TPSA) is 37.8 Å². The van der Waals surface area contributed by atoms with Crippen LogP contribution in [0.5, 0.6) is 0 Å². The van der Waals surface area contributed by atoms with Gasteiger partial charge in [0, 0.05) is 28.9 Å². The predicted octanol–water partition coefficient (Wildman–Crippen LogP) is 3.51. The van der Waals surface area contributed by atoms with Gasteiger partial charge in [-0.25, -0.2) is 0 Å². The molecule has 2 rings (SSSR count). The summed E-state index contributed by atoms with van der Waals surface area (Å²) in [6.45, 7) is 2.74. The van der Waals surface area contributed by atoms with E-state index in [4.69, 9.17) is 23.8 Å². The summed E-state index contributed by atoms with van der Waals surface area (Å²) >= 11 is 11.4. The van der Waals surface area contributed by atoms with Crippen molar-refractivity contribution >= 4 is 45.7 Å². The van der Waals surface area contributed by atoms with Crippen molar-refractivity contribution in [3.05, 3.63) is 28.0 Å². The van der Waals surface area contributed by atoms with E-state index in [1.807, 2.05) is 29.7 Å². The first-order valence-corrected chi connectivity index (χ1v) is 8.10. The fraction of sp³-hybridized carbons (Fsp3) is 0.417. The molecule has 1 aromatic heterocycles. The van der Waals surface area contributed by atoms with Crippen LogP contribution in [0, 0.1) is 4.77 Å². The SMILES string of the molecule is CC(CCn1c(=S)[nH]c2c(Cl)cccc21)S(C)=O. The number of benzene rings is 1. The molecule has 1 heterocycles. The van der Waals surface area contributed by atoms with Crippen molar-refractivity contribution < 1.29 is 4.21 Å². The molecular weight excluding hydrogens is 288 g/mol. The summed E-state index contributed by atoms with van der Waals surface area (Å²) < 4.78 is 14.0. The Morgan fingerprint density at radius 1 is 1.56 bits per heavy atom. The average molecular weight is 303 g/mol. The third-order valence-electron chi connectivity index (χ3n) is 3.09. The lowest BCUT2D eigenvalue weighted by Gasteiger charge is -2.09. The second kappa shape index (κ2) is 5.55. The van der Waals surface area contributed by atoms with Crippen molar-refractivity contribution in [2.75, 3.05) is 6.26 Å². The van der Waals surface area contributed by atoms with Gasteiger partial charge in [-0.1, -0.05) is 24.6 Å². The van der Waals surface area contributed by atoms with Gasteiger partial charge in [-0.05, 0) is 30.8 Å². The van der Waals surface area contributed by atoms with E-state index in [-0.39, 0.29) is 5.25 Å². The van der Waals surface area contributed by atoms with Gasteiger partial charge in [-0.3, -0.25) is 4.21 Å². The monoisotopic (exact) mass is 302 g/mol. The maximum absolute atomic E-state index is 11.4. The van der Waals surface area contributed by atoms with Crippen LogP contribution in [-0.4, -0.2) is 25.3 Å². The van der Waals surface area contributed by atoms with E-state index in [0.717, 1.165) is 24.0 Å². The smallest absolute Gasteiger partial charge is 0.178 e. The minimum absolute atomic E-state index is 0.163. The summed E-state index contributed by atoms with van der Waals surface area (Å²) in [7, 11) is -0.800. The number of fused-ring (bicyclic) bond motifs is 1. The lowest BCUT2D eigenvalue weighted by atomic mass is 10.3. The standard InChI is InChI=1S/C12H15ClN2OS2/c1-8(18(2)16)6-7-15-10-5-3-4-9(13)11(10)14-12(15)17/h3-5,8H,6-7H2,1-2H3,(H,14,17). The number of nitrogens with one attached hydrogen (secondary N) is 1. The van der Waals surface area contributed by atoms with Crippen LogP contribution in [0.1, 0.15) is 13.3 Å². The Hall–Kier alpha value is -0.650. The number of imidazole rings is 1. The number of aryl methyl sites for hydroxylation is 1. The molecule has 0 fully saturated rings. The van der Waals surface area contributed by atoms with Crippen molar-refractivity contribution in [3.8, 4) is 0 Å². The van der Waals surface area contributed by atoms with Crippen LogP contribution in [0.2, 0.25) is 5.02 Å². The van der Waals surface area contributed by atoms with Crippen LogP contribution >= 0.6 is 23.8 Å². The fourth-order valence-electron chi connectivity index (χ4n) is 1.84. The molecule has 0 aliphatic heterocycles. The van der Waals surface area contributed by atoms with Crippen molar-refractivity contribution in [1.29, 1.82) is 0 Å². The first kappa shape index (κ1) is 13.8. The molecule has 0 saturated heterocycles. The molecule has 0 aliphatic carbocycles. The van der Waals surface area contributed by atoms with E-state index in [1.165, 1.54) is 0 Å². The van der Waals surface area contributed by atoms with Crippen LogP contribution in [0.25, 0.3) is 11.0 Å². The summed E-state index contributed by atoms with van der Waals surface area (Å²) in [4.78, 5) is 3.12. The Morgan fingerprint density at radius 2 is 2.28 bits per heavy atom. The van der Waals surface area contributed by atoms with E-state index in [1.54, 1.807) is 6.26 Å². The van der Waals surface area contributed by atoms with Crippen LogP contribution < -0.4 is 0 Å². The summed E-state index contributed by atoms with van der Waals surface area (Å²) in [5.74, 6) is 0. The molecule has 0 saturated carbocycles. The zero-order valence-corrected chi connectivity index (χ0v) is 12.7. The maximum atomic E-state index is 11.4. The molecule has 0 amide bonds. The zero-order valence-electron chi connectivity index (χ0n) is 10.3. The van der Waals surface area contributed by atoms with E-state index in [2.05, 4.69) is 4.98 Å². The predicted molar refractivity (Wildman–Crippen MR) is 80.3 cm³/mol. The maximum Gasteiger partial charge on any atom is 0.178 e. The molecule has 0 bridgehead atoms. The van der Waals surface area contributed by atoms with E-state index >= 15 is 0 Å². The number of rotatable bonds is 4. The van der Waals surface area contributed by atoms with Crippen LogP contribution in [0.3, 0.4) is 0 Å². The number of aromatic nitrogens is 2. The quantitative estimate of drug-likeness (QED) is 0.878. The average Bonchev–Trinajstić information content (AvgIpc) is 2.64. The highest BCUT2D eigenvalue weighted by Crippen LogP contribution is 2.23. The zero-order chi connectivity index (χ0) is 13.3. The molecule has 0 radical (unpaired) electrons. The summed E-state index contributed by atoms with van der Waals surface area (Å²) in [6.07, 6.45) is 2.56. The molecule has 6 heteroatoms. The van der Waals surface area contributed by atoms with Gasteiger partial charge in [0.15, 0.2) is 4.77 Å². The second-order valence-corrected chi connectivity index (χ2v) is 6.91. The molecular formula is C12H15ClN2OS2. The van der Waals surface area contributed by atoms with Crippen molar-refractivity contribution in [2.45, 2.75) is 25.1 Å². The highest BCUT2D eigenvalue weighted by atomic mass is 35.5. The summed E-state index contributed by atoms with van der Waals surface area (Å²) in [6, 6.07) is 5.73. The van der Waals surface area contributed by atoms with E-state index < -0.39 is 10.8 Å². The minimum Gasteiger partial charge on any atom is -0.329 e. The van der Waals surface area contributed by atoms with Gasteiger partial charge in [-0.2, -0.15) is 0 Å². The fourth-order valence-corrected chi connectivity index (χ4v) is 2.79. The number of hydrogen-bond donors (Lipinski definition) is 1. The third-order valence-corrected chi connectivity index (χ3v) is 5.09. The van der Waals surface area contributed by atoms with Crippen molar-refractivity contribution in [2.24, 2.45) is 0 Å². The largest absolute Gasteiger partial charge is 0.329 e. The summed E-state index contributed by atoms with van der Waals surface area (Å²) in [5, 5.41) is 0.834. The molecule has 98 valence electrons. The molecule has 3 nitrogen and oxygen atoms in total. The lowest BCUT2D eigenvalue weighted by Crippen LogP contribution is -2.12. The number of nitrogens with zero attached hydrogens (tertiary/aromatic N) is 1. The van der Waals surface area contributed by atoms with Gasteiger partial charge in [-0.15, -0.1) is 0 Å². The number of H-pyrrole nitrogens is 1. The third kappa shape index (κ3) is 2.68. The first-order valence-electron chi connectivity index (χ1n) is 5.70. The van der Waals surface area contributed by atoms with Crippen LogP contribution in [0.15, 0.2) is 18.2 Å². The molecule has 1 aromatic carbocycles. The second-order valence-electron chi connectivity index (χ2n) is 4.31. The van der Waals surface area contributed by atoms with E-state index in [0.29, 0.717) is 9.79 Å². The van der Waals surface area contributed by atoms with Crippen molar-refractivity contribution in [1.82, 2.24) is 9.55 Å². The van der Waals surface area contributed by atoms with Crippen molar-refractivity contribution in [3.63, 3.8) is 0 Å². The van der Waals surface area contributed by atoms with Gasteiger partial charge in [0.25, 0.3) is 0 Å². The highest BCUT2D eigenvalue weighted by molar-refractivity contribution is 7.84. The van der Waals surface area contributed by atoms with Gasteiger partial charge < -0.3 is 9.55 Å². The number of para-hydroxylation sites is 1. The normalized spacial score (nSPS) is 14.8.